The first-order valence-corrected chi connectivity index (χ1v) is 9.65. The monoisotopic (exact) mass is 421 g/mol. The summed E-state index contributed by atoms with van der Waals surface area (Å²) in [5.74, 6) is 0.0462. The highest BCUT2D eigenvalue weighted by molar-refractivity contribution is 9.10. The highest BCUT2D eigenvalue weighted by atomic mass is 79.9. The average Bonchev–Trinajstić information content (AvgIpc) is 3.28. The number of carbonyl (C=O) groups excluding carboxylic acids is 2. The third kappa shape index (κ3) is 4.51. The third-order valence-corrected chi connectivity index (χ3v) is 5.54. The number of H-pyrrole nitrogens is 1. The van der Waals surface area contributed by atoms with Crippen molar-refractivity contribution in [3.63, 3.8) is 0 Å². The van der Waals surface area contributed by atoms with Gasteiger partial charge >= 0.3 is 5.97 Å². The normalized spacial score (nSPS) is 15.4. The molecule has 2 aromatic rings. The average molecular weight is 422 g/mol. The van der Waals surface area contributed by atoms with Gasteiger partial charge in [0.05, 0.1) is 25.2 Å². The molecule has 1 saturated carbocycles. The van der Waals surface area contributed by atoms with Gasteiger partial charge < -0.3 is 14.4 Å². The van der Waals surface area contributed by atoms with Crippen LogP contribution < -0.4 is 0 Å². The van der Waals surface area contributed by atoms with Gasteiger partial charge in [0.2, 0.25) is 0 Å². The first-order valence-electron chi connectivity index (χ1n) is 8.85. The van der Waals surface area contributed by atoms with Gasteiger partial charge in [-0.05, 0) is 65.4 Å². The summed E-state index contributed by atoms with van der Waals surface area (Å²) in [4.78, 5) is 25.4. The molecule has 0 aliphatic heterocycles. The number of aromatic nitrogens is 2. The summed E-state index contributed by atoms with van der Waals surface area (Å²) in [5.41, 5.74) is 3.19. The van der Waals surface area contributed by atoms with Gasteiger partial charge in [0, 0.05) is 28.9 Å². The van der Waals surface area contributed by atoms with E-state index in [0.717, 1.165) is 51.8 Å². The topological polar surface area (TPSA) is 75.3 Å². The Morgan fingerprint density at radius 2 is 2.31 bits per heavy atom. The summed E-state index contributed by atoms with van der Waals surface area (Å²) in [6.45, 7) is 1.87. The van der Waals surface area contributed by atoms with Crippen molar-refractivity contribution in [2.24, 2.45) is 11.8 Å². The summed E-state index contributed by atoms with van der Waals surface area (Å²) >= 11 is 3.59. The van der Waals surface area contributed by atoms with Crippen molar-refractivity contribution >= 4 is 39.1 Å². The number of esters is 1. The van der Waals surface area contributed by atoms with Gasteiger partial charge in [-0.25, -0.2) is 0 Å². The van der Waals surface area contributed by atoms with Crippen molar-refractivity contribution in [2.75, 3.05) is 20.7 Å². The van der Waals surface area contributed by atoms with Crippen molar-refractivity contribution in [2.45, 2.75) is 32.2 Å². The summed E-state index contributed by atoms with van der Waals surface area (Å²) in [7, 11) is 3.47. The van der Waals surface area contributed by atoms with E-state index in [1.165, 1.54) is 20.0 Å². The van der Waals surface area contributed by atoms with Gasteiger partial charge in [0.1, 0.15) is 6.29 Å². The Balaban J connectivity index is 1.89. The van der Waals surface area contributed by atoms with Crippen molar-refractivity contribution in [1.29, 1.82) is 0 Å². The van der Waals surface area contributed by atoms with Crippen molar-refractivity contribution in [1.82, 2.24) is 15.1 Å². The van der Waals surface area contributed by atoms with Crippen LogP contribution in [-0.2, 0) is 27.3 Å². The Morgan fingerprint density at radius 3 is 2.96 bits per heavy atom. The molecule has 0 spiro atoms. The van der Waals surface area contributed by atoms with Gasteiger partial charge in [-0.1, -0.05) is 0 Å². The van der Waals surface area contributed by atoms with Crippen LogP contribution in [0.1, 0.15) is 30.4 Å². The van der Waals surface area contributed by atoms with E-state index in [2.05, 4.69) is 38.1 Å². The van der Waals surface area contributed by atoms with E-state index in [4.69, 9.17) is 4.74 Å². The zero-order chi connectivity index (χ0) is 18.7. The van der Waals surface area contributed by atoms with Gasteiger partial charge in [0.25, 0.3) is 0 Å². The molecule has 140 valence electrons. The van der Waals surface area contributed by atoms with E-state index in [0.29, 0.717) is 6.42 Å². The Kier molecular flexibility index (Phi) is 6.09. The number of aldehydes is 1. The minimum Gasteiger partial charge on any atom is -0.469 e. The molecular formula is C19H24BrN3O3. The molecule has 1 heterocycles. The maximum Gasteiger partial charge on any atom is 0.306 e. The number of halogens is 1. The van der Waals surface area contributed by atoms with Crippen LogP contribution >= 0.6 is 15.9 Å². The molecule has 6 nitrogen and oxygen atoms in total. The summed E-state index contributed by atoms with van der Waals surface area (Å²) in [6, 6.07) is 2.04. The lowest BCUT2D eigenvalue weighted by Gasteiger charge is -2.21. The molecule has 1 aromatic carbocycles. The lowest BCUT2D eigenvalue weighted by molar-refractivity contribution is -0.142. The Hall–Kier alpha value is -1.73. The molecule has 1 aliphatic carbocycles. The van der Waals surface area contributed by atoms with E-state index in [9.17, 15) is 9.59 Å². The molecule has 0 unspecified atom stereocenters. The van der Waals surface area contributed by atoms with Crippen LogP contribution in [0.25, 0.3) is 10.9 Å². The fourth-order valence-electron chi connectivity index (χ4n) is 3.38. The lowest BCUT2D eigenvalue weighted by Crippen LogP contribution is -2.22. The van der Waals surface area contributed by atoms with Crippen LogP contribution in [0.2, 0.25) is 0 Å². The molecule has 1 aliphatic rings. The van der Waals surface area contributed by atoms with Crippen LogP contribution in [-0.4, -0.2) is 48.1 Å². The molecule has 1 atom stereocenters. The maximum absolute atomic E-state index is 11.6. The van der Waals surface area contributed by atoms with Crippen LogP contribution in [0.3, 0.4) is 0 Å². The van der Waals surface area contributed by atoms with E-state index in [1.54, 1.807) is 0 Å². The smallest absolute Gasteiger partial charge is 0.306 e. The van der Waals surface area contributed by atoms with Gasteiger partial charge in [-0.2, -0.15) is 5.10 Å². The Labute approximate surface area is 161 Å². The number of hydrogen-bond acceptors (Lipinski definition) is 5. The number of benzene rings is 1. The van der Waals surface area contributed by atoms with E-state index in [-0.39, 0.29) is 12.4 Å². The molecule has 0 amide bonds. The highest BCUT2D eigenvalue weighted by Gasteiger charge is 2.24. The minimum atomic E-state index is -0.397. The number of nitrogens with zero attached hydrogens (tertiary/aromatic N) is 2. The van der Waals surface area contributed by atoms with Gasteiger partial charge in [0.15, 0.2) is 0 Å². The number of aromatic amines is 1. The second kappa shape index (κ2) is 8.31. The first-order chi connectivity index (χ1) is 12.5. The quantitative estimate of drug-likeness (QED) is 0.497. The van der Waals surface area contributed by atoms with Crippen molar-refractivity contribution < 1.29 is 14.3 Å². The third-order valence-electron chi connectivity index (χ3n) is 4.92. The van der Waals surface area contributed by atoms with Crippen LogP contribution in [0.4, 0.5) is 0 Å². The number of rotatable bonds is 9. The highest BCUT2D eigenvalue weighted by Crippen LogP contribution is 2.33. The summed E-state index contributed by atoms with van der Waals surface area (Å²) in [6.07, 6.45) is 5.90. The number of carbonyl (C=O) groups is 2. The predicted octanol–water partition coefficient (Wildman–Crippen LogP) is 3.09. The molecule has 1 aromatic heterocycles. The molecule has 0 radical (unpaired) electrons. The number of nitrogens with one attached hydrogen (secondary N) is 1. The number of fused-ring (bicyclic) bond motifs is 1. The van der Waals surface area contributed by atoms with E-state index >= 15 is 0 Å². The lowest BCUT2D eigenvalue weighted by atomic mass is 9.92. The number of methoxy groups -OCH3 is 1. The minimum absolute atomic E-state index is 0.0956. The second-order valence-electron chi connectivity index (χ2n) is 7.18. The fourth-order valence-corrected chi connectivity index (χ4v) is 3.95. The molecule has 0 saturated heterocycles. The summed E-state index contributed by atoms with van der Waals surface area (Å²) < 4.78 is 5.63. The summed E-state index contributed by atoms with van der Waals surface area (Å²) in [5, 5.41) is 8.27. The Bertz CT molecular complexity index is 801. The van der Waals surface area contributed by atoms with Crippen LogP contribution in [0, 0.1) is 11.8 Å². The van der Waals surface area contributed by atoms with Crippen molar-refractivity contribution in [3.05, 3.63) is 27.9 Å². The van der Waals surface area contributed by atoms with Crippen LogP contribution in [0.5, 0.6) is 0 Å². The SMILES string of the molecule is COC(=O)C[C@@H](C=O)Cc1cc(Br)c2[nH]ncc2c1CN(C)CC1CC1. The zero-order valence-electron chi connectivity index (χ0n) is 15.1. The van der Waals surface area contributed by atoms with Gasteiger partial charge in [-0.15, -0.1) is 0 Å². The van der Waals surface area contributed by atoms with Crippen molar-refractivity contribution in [3.8, 4) is 0 Å². The number of hydrogen-bond donors (Lipinski definition) is 1. The predicted molar refractivity (Wildman–Crippen MR) is 103 cm³/mol. The first kappa shape index (κ1) is 19.0. The molecule has 0 bridgehead atoms. The number of ether oxygens (including phenoxy) is 1. The van der Waals surface area contributed by atoms with Crippen LogP contribution in [0.15, 0.2) is 16.7 Å². The molecule has 3 rings (SSSR count). The maximum atomic E-state index is 11.6. The Morgan fingerprint density at radius 1 is 1.54 bits per heavy atom. The molecule has 1 N–H and O–H groups in total. The zero-order valence-corrected chi connectivity index (χ0v) is 16.7. The molecular weight excluding hydrogens is 398 g/mol. The fraction of sp³-hybridized carbons (Fsp3) is 0.526. The molecule has 7 heteroatoms. The largest absolute Gasteiger partial charge is 0.469 e. The van der Waals surface area contributed by atoms with E-state index < -0.39 is 5.92 Å². The van der Waals surface area contributed by atoms with E-state index in [1.807, 2.05) is 12.3 Å². The molecule has 26 heavy (non-hydrogen) atoms. The second-order valence-corrected chi connectivity index (χ2v) is 8.03. The standard InChI is InChI=1S/C19H24BrN3O3/c1-23(9-12-3-4-12)10-16-14(5-13(11-24)6-18(25)26-2)7-17(20)19-15(16)8-21-22-19/h7-8,11-13H,3-6,9-10H2,1-2H3,(H,21,22)/t13-/m0/s1. The van der Waals surface area contributed by atoms with Gasteiger partial charge in [-0.3, -0.25) is 9.89 Å². The molecule has 1 fully saturated rings.